The average molecular weight is 237 g/mol. The summed E-state index contributed by atoms with van der Waals surface area (Å²) in [6.45, 7) is 5.99. The highest BCUT2D eigenvalue weighted by Crippen LogP contribution is 2.24. The summed E-state index contributed by atoms with van der Waals surface area (Å²) >= 11 is 0. The van der Waals surface area contributed by atoms with Gasteiger partial charge in [0.2, 0.25) is 0 Å². The van der Waals surface area contributed by atoms with Crippen molar-refractivity contribution >= 4 is 0 Å². The lowest BCUT2D eigenvalue weighted by molar-refractivity contribution is 0.123. The second-order valence-electron chi connectivity index (χ2n) is 4.84. The monoisotopic (exact) mass is 237 g/mol. The van der Waals surface area contributed by atoms with Crippen LogP contribution in [0.4, 0.5) is 4.39 Å². The molecular weight excluding hydrogens is 217 g/mol. The Bertz CT molecular complexity index is 374. The van der Waals surface area contributed by atoms with Crippen molar-refractivity contribution in [1.82, 2.24) is 5.32 Å². The van der Waals surface area contributed by atoms with Crippen molar-refractivity contribution in [3.63, 3.8) is 0 Å². The Balaban J connectivity index is 1.99. The van der Waals surface area contributed by atoms with E-state index in [0.717, 1.165) is 31.5 Å². The van der Waals surface area contributed by atoms with Crippen LogP contribution in [0, 0.1) is 18.7 Å². The molecule has 1 N–H and O–H groups in total. The second-order valence-corrected chi connectivity index (χ2v) is 4.84. The molecule has 1 aliphatic heterocycles. The van der Waals surface area contributed by atoms with Gasteiger partial charge in [0.05, 0.1) is 6.10 Å². The Hall–Kier alpha value is -1.09. The average Bonchev–Trinajstić information content (AvgIpc) is 2.34. The molecule has 1 heterocycles. The molecule has 94 valence electrons. The molecule has 1 fully saturated rings. The van der Waals surface area contributed by atoms with E-state index in [9.17, 15) is 4.39 Å². The van der Waals surface area contributed by atoms with Gasteiger partial charge in [0.25, 0.3) is 0 Å². The predicted octanol–water partition coefficient (Wildman–Crippen LogP) is 2.90. The van der Waals surface area contributed by atoms with Crippen LogP contribution >= 0.6 is 0 Å². The second kappa shape index (κ2) is 5.50. The molecule has 0 spiro atoms. The molecule has 1 atom stereocenters. The standard InChI is InChI=1S/C14H20FNO/c1-10-3-4-14(13(15)9-10)17-11(2)12-5-7-16-8-6-12/h3-4,9,11-12,16H,5-8H2,1-2H3. The molecule has 17 heavy (non-hydrogen) atoms. The molecular formula is C14H20FNO. The molecule has 1 aromatic rings. The van der Waals surface area contributed by atoms with Gasteiger partial charge in [0.15, 0.2) is 11.6 Å². The van der Waals surface area contributed by atoms with Crippen molar-refractivity contribution in [2.24, 2.45) is 5.92 Å². The predicted molar refractivity (Wildman–Crippen MR) is 66.8 cm³/mol. The van der Waals surface area contributed by atoms with E-state index in [1.54, 1.807) is 6.07 Å². The van der Waals surface area contributed by atoms with Gasteiger partial charge in [0, 0.05) is 0 Å². The van der Waals surface area contributed by atoms with Crippen LogP contribution in [0.25, 0.3) is 0 Å². The summed E-state index contributed by atoms with van der Waals surface area (Å²) in [5.74, 6) is 0.643. The summed E-state index contributed by atoms with van der Waals surface area (Å²) in [6, 6.07) is 5.13. The van der Waals surface area contributed by atoms with Crippen LogP contribution in [0.2, 0.25) is 0 Å². The van der Waals surface area contributed by atoms with Crippen LogP contribution in [0.5, 0.6) is 5.75 Å². The lowest BCUT2D eigenvalue weighted by Gasteiger charge is -2.28. The van der Waals surface area contributed by atoms with Crippen LogP contribution in [-0.2, 0) is 0 Å². The third-order valence-electron chi connectivity index (χ3n) is 3.45. The fourth-order valence-electron chi connectivity index (χ4n) is 2.31. The Morgan fingerprint density at radius 1 is 1.35 bits per heavy atom. The number of nitrogens with one attached hydrogen (secondary N) is 1. The molecule has 1 saturated heterocycles. The molecule has 0 saturated carbocycles. The topological polar surface area (TPSA) is 21.3 Å². The summed E-state index contributed by atoms with van der Waals surface area (Å²) in [4.78, 5) is 0. The van der Waals surface area contributed by atoms with Gasteiger partial charge in [-0.1, -0.05) is 6.07 Å². The molecule has 2 nitrogen and oxygen atoms in total. The van der Waals surface area contributed by atoms with Crippen molar-refractivity contribution < 1.29 is 9.13 Å². The summed E-state index contributed by atoms with van der Waals surface area (Å²) in [5.41, 5.74) is 0.921. The highest BCUT2D eigenvalue weighted by atomic mass is 19.1. The maximum absolute atomic E-state index is 13.6. The molecule has 0 radical (unpaired) electrons. The third-order valence-corrected chi connectivity index (χ3v) is 3.45. The Kier molecular flexibility index (Phi) is 4.00. The van der Waals surface area contributed by atoms with Crippen molar-refractivity contribution in [3.8, 4) is 5.75 Å². The highest BCUT2D eigenvalue weighted by Gasteiger charge is 2.22. The Labute approximate surface area is 102 Å². The molecule has 0 bridgehead atoms. The van der Waals surface area contributed by atoms with Crippen LogP contribution in [-0.4, -0.2) is 19.2 Å². The maximum atomic E-state index is 13.6. The van der Waals surface area contributed by atoms with Crippen molar-refractivity contribution in [1.29, 1.82) is 0 Å². The van der Waals surface area contributed by atoms with Gasteiger partial charge >= 0.3 is 0 Å². The van der Waals surface area contributed by atoms with Crippen LogP contribution < -0.4 is 10.1 Å². The fourth-order valence-corrected chi connectivity index (χ4v) is 2.31. The number of rotatable bonds is 3. The van der Waals surface area contributed by atoms with Crippen molar-refractivity contribution in [2.75, 3.05) is 13.1 Å². The van der Waals surface area contributed by atoms with E-state index >= 15 is 0 Å². The Morgan fingerprint density at radius 3 is 2.71 bits per heavy atom. The van der Waals surface area contributed by atoms with Gasteiger partial charge in [-0.2, -0.15) is 0 Å². The normalized spacial score (nSPS) is 19.0. The number of halogens is 1. The number of hydrogen-bond acceptors (Lipinski definition) is 2. The molecule has 2 rings (SSSR count). The van der Waals surface area contributed by atoms with E-state index in [0.29, 0.717) is 11.7 Å². The lowest BCUT2D eigenvalue weighted by Crippen LogP contribution is -2.35. The number of hydrogen-bond donors (Lipinski definition) is 1. The molecule has 0 amide bonds. The summed E-state index contributed by atoms with van der Waals surface area (Å²) in [7, 11) is 0. The van der Waals surface area contributed by atoms with E-state index in [1.807, 2.05) is 19.9 Å². The van der Waals surface area contributed by atoms with Crippen LogP contribution in [0.15, 0.2) is 18.2 Å². The van der Waals surface area contributed by atoms with Gasteiger partial charge in [0.1, 0.15) is 0 Å². The van der Waals surface area contributed by atoms with Crippen LogP contribution in [0.3, 0.4) is 0 Å². The minimum Gasteiger partial charge on any atom is -0.487 e. The fraction of sp³-hybridized carbons (Fsp3) is 0.571. The largest absolute Gasteiger partial charge is 0.487 e. The first-order chi connectivity index (χ1) is 8.16. The number of aryl methyl sites for hydroxylation is 1. The summed E-state index contributed by atoms with van der Waals surface area (Å²) in [5, 5.41) is 3.32. The zero-order valence-corrected chi connectivity index (χ0v) is 10.5. The van der Waals surface area contributed by atoms with Gasteiger partial charge in [-0.25, -0.2) is 4.39 Å². The number of piperidine rings is 1. The first kappa shape index (κ1) is 12.4. The maximum Gasteiger partial charge on any atom is 0.165 e. The molecule has 1 aliphatic rings. The van der Waals surface area contributed by atoms with Gasteiger partial charge in [-0.3, -0.25) is 0 Å². The van der Waals surface area contributed by atoms with E-state index in [2.05, 4.69) is 5.32 Å². The quantitative estimate of drug-likeness (QED) is 0.872. The molecule has 3 heteroatoms. The van der Waals surface area contributed by atoms with Gasteiger partial charge in [-0.15, -0.1) is 0 Å². The third kappa shape index (κ3) is 3.19. The number of ether oxygens (including phenoxy) is 1. The van der Waals surface area contributed by atoms with Crippen molar-refractivity contribution in [2.45, 2.75) is 32.8 Å². The zero-order valence-electron chi connectivity index (χ0n) is 10.5. The number of benzene rings is 1. The minimum atomic E-state index is -0.259. The van der Waals surface area contributed by atoms with E-state index < -0.39 is 0 Å². The Morgan fingerprint density at radius 2 is 2.06 bits per heavy atom. The summed E-state index contributed by atoms with van der Waals surface area (Å²) in [6.07, 6.45) is 2.29. The van der Waals surface area contributed by atoms with E-state index in [1.165, 1.54) is 6.07 Å². The molecule has 1 aromatic carbocycles. The van der Waals surface area contributed by atoms with E-state index in [-0.39, 0.29) is 11.9 Å². The first-order valence-corrected chi connectivity index (χ1v) is 6.30. The molecule has 0 aliphatic carbocycles. The zero-order chi connectivity index (χ0) is 12.3. The summed E-state index contributed by atoms with van der Waals surface area (Å²) < 4.78 is 19.4. The van der Waals surface area contributed by atoms with Crippen LogP contribution in [0.1, 0.15) is 25.3 Å². The lowest BCUT2D eigenvalue weighted by atomic mass is 9.93. The molecule has 0 aromatic heterocycles. The minimum absolute atomic E-state index is 0.0781. The first-order valence-electron chi connectivity index (χ1n) is 6.30. The van der Waals surface area contributed by atoms with Gasteiger partial charge in [-0.05, 0) is 63.4 Å². The van der Waals surface area contributed by atoms with E-state index in [4.69, 9.17) is 4.74 Å². The smallest absolute Gasteiger partial charge is 0.165 e. The van der Waals surface area contributed by atoms with Gasteiger partial charge < -0.3 is 10.1 Å². The SMILES string of the molecule is Cc1ccc(OC(C)C2CCNCC2)c(F)c1. The van der Waals surface area contributed by atoms with Crippen molar-refractivity contribution in [3.05, 3.63) is 29.6 Å². The highest BCUT2D eigenvalue weighted by molar-refractivity contribution is 5.28. The molecule has 1 unspecified atom stereocenters.